The van der Waals surface area contributed by atoms with E-state index in [1.165, 1.54) is 0 Å². The van der Waals surface area contributed by atoms with Gasteiger partial charge >= 0.3 is 0 Å². The predicted octanol–water partition coefficient (Wildman–Crippen LogP) is 4.95. The second-order valence-electron chi connectivity index (χ2n) is 6.16. The maximum absolute atomic E-state index is 10.9. The molecule has 4 rings (SSSR count). The van der Waals surface area contributed by atoms with Crippen molar-refractivity contribution in [3.63, 3.8) is 0 Å². The molecule has 0 saturated heterocycles. The van der Waals surface area contributed by atoms with Crippen LogP contribution in [0, 0.1) is 10.1 Å². The number of benzene rings is 3. The summed E-state index contributed by atoms with van der Waals surface area (Å²) < 4.78 is 0. The summed E-state index contributed by atoms with van der Waals surface area (Å²) in [5, 5.41) is 17.8. The predicted molar refractivity (Wildman–Crippen MR) is 102 cm³/mol. The summed E-state index contributed by atoms with van der Waals surface area (Å²) in [7, 11) is 0. The molecule has 1 heterocycles. The average Bonchev–Trinajstić information content (AvgIpc) is 3.15. The Hall–Kier alpha value is -3.47. The molecule has 0 N–H and O–H groups in total. The Morgan fingerprint density at radius 2 is 1.50 bits per heavy atom. The molecule has 128 valence electrons. The number of para-hydroxylation sites is 1. The third kappa shape index (κ3) is 3.07. The molecule has 0 radical (unpaired) electrons. The van der Waals surface area contributed by atoms with E-state index in [0.717, 1.165) is 28.9 Å². The lowest BCUT2D eigenvalue weighted by atomic mass is 9.98. The standard InChI is InChI=1S/C21H17N3O2/c25-24(26)19-13-11-17(12-14-19)21-15-20(16-7-3-1-4-8-16)22-23(21)18-9-5-2-6-10-18/h1-14,21H,15H2/t21-/m0/s1. The van der Waals surface area contributed by atoms with Crippen LogP contribution in [-0.4, -0.2) is 10.6 Å². The highest BCUT2D eigenvalue weighted by Crippen LogP contribution is 2.36. The molecule has 26 heavy (non-hydrogen) atoms. The van der Waals surface area contributed by atoms with Crippen molar-refractivity contribution < 1.29 is 4.92 Å². The Kier molecular flexibility index (Phi) is 4.19. The number of nitro groups is 1. The van der Waals surface area contributed by atoms with E-state index < -0.39 is 0 Å². The van der Waals surface area contributed by atoms with Crippen LogP contribution in [0.5, 0.6) is 0 Å². The van der Waals surface area contributed by atoms with Gasteiger partial charge in [0.05, 0.1) is 22.4 Å². The second kappa shape index (κ2) is 6.80. The first-order chi connectivity index (χ1) is 12.7. The van der Waals surface area contributed by atoms with Crippen LogP contribution in [0.25, 0.3) is 0 Å². The molecule has 0 amide bonds. The largest absolute Gasteiger partial charge is 0.269 e. The third-order valence-corrected chi connectivity index (χ3v) is 4.53. The molecule has 0 unspecified atom stereocenters. The number of rotatable bonds is 4. The number of hydrogen-bond acceptors (Lipinski definition) is 4. The van der Waals surface area contributed by atoms with Gasteiger partial charge in [0.25, 0.3) is 5.69 Å². The monoisotopic (exact) mass is 343 g/mol. The van der Waals surface area contributed by atoms with Crippen molar-refractivity contribution in [3.05, 3.63) is 106 Å². The van der Waals surface area contributed by atoms with Crippen molar-refractivity contribution in [3.8, 4) is 0 Å². The number of hydrogen-bond donors (Lipinski definition) is 0. The zero-order valence-corrected chi connectivity index (χ0v) is 14.0. The molecule has 0 aliphatic carbocycles. The first-order valence-corrected chi connectivity index (χ1v) is 8.44. The maximum atomic E-state index is 10.9. The molecule has 0 bridgehead atoms. The van der Waals surface area contributed by atoms with Gasteiger partial charge in [-0.2, -0.15) is 5.10 Å². The highest BCUT2D eigenvalue weighted by Gasteiger charge is 2.30. The van der Waals surface area contributed by atoms with Crippen molar-refractivity contribution in [2.75, 3.05) is 5.01 Å². The fraction of sp³-hybridized carbons (Fsp3) is 0.0952. The summed E-state index contributed by atoms with van der Waals surface area (Å²) in [6.45, 7) is 0. The zero-order valence-electron chi connectivity index (χ0n) is 14.0. The fourth-order valence-corrected chi connectivity index (χ4v) is 3.21. The van der Waals surface area contributed by atoms with E-state index in [1.807, 2.05) is 65.7 Å². The normalized spacial score (nSPS) is 16.4. The minimum absolute atomic E-state index is 0.00779. The third-order valence-electron chi connectivity index (χ3n) is 4.53. The smallest absolute Gasteiger partial charge is 0.258 e. The Bertz CT molecular complexity index is 938. The summed E-state index contributed by atoms with van der Waals surface area (Å²) in [6, 6.07) is 26.9. The lowest BCUT2D eigenvalue weighted by Gasteiger charge is -2.23. The summed E-state index contributed by atoms with van der Waals surface area (Å²) in [5.74, 6) is 0. The lowest BCUT2D eigenvalue weighted by Crippen LogP contribution is -2.18. The van der Waals surface area contributed by atoms with E-state index in [-0.39, 0.29) is 16.7 Å². The Labute approximate surface area is 151 Å². The van der Waals surface area contributed by atoms with Crippen LogP contribution in [0.1, 0.15) is 23.6 Å². The average molecular weight is 343 g/mol. The first kappa shape index (κ1) is 16.0. The van der Waals surface area contributed by atoms with Crippen LogP contribution >= 0.6 is 0 Å². The summed E-state index contributed by atoms with van der Waals surface area (Å²) in [4.78, 5) is 10.6. The Morgan fingerprint density at radius 1 is 0.885 bits per heavy atom. The van der Waals surface area contributed by atoms with E-state index in [0.29, 0.717) is 0 Å². The van der Waals surface area contributed by atoms with Crippen molar-refractivity contribution in [2.45, 2.75) is 12.5 Å². The van der Waals surface area contributed by atoms with Gasteiger partial charge in [-0.05, 0) is 23.3 Å². The van der Waals surface area contributed by atoms with Crippen LogP contribution in [-0.2, 0) is 0 Å². The second-order valence-corrected chi connectivity index (χ2v) is 6.16. The van der Waals surface area contributed by atoms with E-state index >= 15 is 0 Å². The number of nitrogens with zero attached hydrogens (tertiary/aromatic N) is 3. The van der Waals surface area contributed by atoms with Crippen molar-refractivity contribution in [1.29, 1.82) is 0 Å². The van der Waals surface area contributed by atoms with Gasteiger partial charge in [-0.3, -0.25) is 15.1 Å². The van der Waals surface area contributed by atoms with Crippen molar-refractivity contribution >= 4 is 17.1 Å². The summed E-state index contributed by atoms with van der Waals surface area (Å²) in [6.07, 6.45) is 0.747. The molecular weight excluding hydrogens is 326 g/mol. The van der Waals surface area contributed by atoms with E-state index in [1.54, 1.807) is 12.1 Å². The van der Waals surface area contributed by atoms with Crippen LogP contribution < -0.4 is 5.01 Å². The molecular formula is C21H17N3O2. The number of nitro benzene ring substituents is 1. The number of hydrazone groups is 1. The molecule has 5 nitrogen and oxygen atoms in total. The molecule has 1 aliphatic rings. The number of anilines is 1. The molecule has 1 atom stereocenters. The van der Waals surface area contributed by atoms with Gasteiger partial charge < -0.3 is 0 Å². The van der Waals surface area contributed by atoms with Gasteiger partial charge in [0.1, 0.15) is 0 Å². The van der Waals surface area contributed by atoms with Crippen LogP contribution in [0.3, 0.4) is 0 Å². The molecule has 1 aliphatic heterocycles. The Morgan fingerprint density at radius 3 is 2.12 bits per heavy atom. The highest BCUT2D eigenvalue weighted by atomic mass is 16.6. The molecule has 0 spiro atoms. The van der Waals surface area contributed by atoms with Gasteiger partial charge in [-0.25, -0.2) is 0 Å². The molecule has 0 saturated carbocycles. The maximum Gasteiger partial charge on any atom is 0.269 e. The van der Waals surface area contributed by atoms with Crippen LogP contribution in [0.2, 0.25) is 0 Å². The highest BCUT2D eigenvalue weighted by molar-refractivity contribution is 6.03. The fourth-order valence-electron chi connectivity index (χ4n) is 3.21. The summed E-state index contributed by atoms with van der Waals surface area (Å²) in [5.41, 5.74) is 4.22. The van der Waals surface area contributed by atoms with E-state index in [2.05, 4.69) is 12.1 Å². The van der Waals surface area contributed by atoms with E-state index in [4.69, 9.17) is 5.10 Å². The zero-order chi connectivity index (χ0) is 17.9. The molecule has 3 aromatic rings. The van der Waals surface area contributed by atoms with E-state index in [9.17, 15) is 10.1 Å². The molecule has 3 aromatic carbocycles. The van der Waals surface area contributed by atoms with Gasteiger partial charge in [-0.15, -0.1) is 0 Å². The number of non-ortho nitro benzene ring substituents is 1. The van der Waals surface area contributed by atoms with Gasteiger partial charge in [0.2, 0.25) is 0 Å². The Balaban J connectivity index is 1.72. The molecule has 0 fully saturated rings. The van der Waals surface area contributed by atoms with Gasteiger partial charge in [0.15, 0.2) is 0 Å². The minimum atomic E-state index is -0.376. The molecule has 0 aromatic heterocycles. The van der Waals surface area contributed by atoms with Crippen molar-refractivity contribution in [2.24, 2.45) is 5.10 Å². The molecule has 5 heteroatoms. The quantitative estimate of drug-likeness (QED) is 0.497. The van der Waals surface area contributed by atoms with Crippen molar-refractivity contribution in [1.82, 2.24) is 0 Å². The first-order valence-electron chi connectivity index (χ1n) is 8.44. The van der Waals surface area contributed by atoms with Crippen LogP contribution in [0.15, 0.2) is 90.0 Å². The van der Waals surface area contributed by atoms with Crippen LogP contribution in [0.4, 0.5) is 11.4 Å². The SMILES string of the molecule is O=[N+]([O-])c1ccc([C@@H]2CC(c3ccccc3)=NN2c2ccccc2)cc1. The minimum Gasteiger partial charge on any atom is -0.258 e. The topological polar surface area (TPSA) is 58.7 Å². The summed E-state index contributed by atoms with van der Waals surface area (Å²) >= 11 is 0. The lowest BCUT2D eigenvalue weighted by molar-refractivity contribution is -0.384. The van der Waals surface area contributed by atoms with Gasteiger partial charge in [-0.1, -0.05) is 60.7 Å². The van der Waals surface area contributed by atoms with Gasteiger partial charge in [0, 0.05) is 18.6 Å².